The summed E-state index contributed by atoms with van der Waals surface area (Å²) in [6.45, 7) is 5.13. The molecule has 0 aliphatic rings. The van der Waals surface area contributed by atoms with E-state index in [2.05, 4.69) is 10.1 Å². The minimum Gasteiger partial charge on any atom is -0.467 e. The van der Waals surface area contributed by atoms with Crippen LogP contribution < -0.4 is 5.32 Å². The average molecular weight is 321 g/mol. The van der Waals surface area contributed by atoms with E-state index in [0.29, 0.717) is 0 Å². The van der Waals surface area contributed by atoms with E-state index < -0.39 is 23.7 Å². The number of Topliss-reactive ketones (excluding diaryl/α,β-unsaturated/α-hetero) is 1. The third-order valence-corrected chi connectivity index (χ3v) is 2.85. The lowest BCUT2D eigenvalue weighted by molar-refractivity contribution is -0.144. The first kappa shape index (κ1) is 18.7. The van der Waals surface area contributed by atoms with E-state index in [0.717, 1.165) is 5.56 Å². The van der Waals surface area contributed by atoms with Crippen LogP contribution in [0.5, 0.6) is 0 Å². The van der Waals surface area contributed by atoms with Gasteiger partial charge in [-0.25, -0.2) is 9.59 Å². The molecular weight excluding hydrogens is 298 g/mol. The number of methoxy groups -OCH3 is 1. The van der Waals surface area contributed by atoms with Crippen molar-refractivity contribution in [1.82, 2.24) is 5.32 Å². The van der Waals surface area contributed by atoms with Gasteiger partial charge < -0.3 is 14.8 Å². The van der Waals surface area contributed by atoms with Gasteiger partial charge in [0.25, 0.3) is 0 Å². The maximum Gasteiger partial charge on any atom is 0.408 e. The second-order valence-electron chi connectivity index (χ2n) is 6.13. The maximum atomic E-state index is 12.1. The molecule has 0 heterocycles. The van der Waals surface area contributed by atoms with Crippen LogP contribution >= 0.6 is 0 Å². The highest BCUT2D eigenvalue weighted by molar-refractivity contribution is 5.89. The summed E-state index contributed by atoms with van der Waals surface area (Å²) >= 11 is 0. The van der Waals surface area contributed by atoms with Crippen molar-refractivity contribution in [3.63, 3.8) is 0 Å². The van der Waals surface area contributed by atoms with Crippen LogP contribution in [-0.2, 0) is 25.5 Å². The molecule has 0 fully saturated rings. The standard InChI is InChI=1S/C17H23NO5/c1-17(2,3)23-16(21)18-14(15(20)22-4)11-13(19)10-12-8-6-5-7-9-12/h5-9,14H,10-11H2,1-4H3,(H,18,21)/t14-/m0/s1. The number of amides is 1. The van der Waals surface area contributed by atoms with Crippen LogP contribution in [0.2, 0.25) is 0 Å². The van der Waals surface area contributed by atoms with Gasteiger partial charge in [0.15, 0.2) is 0 Å². The Balaban J connectivity index is 2.66. The van der Waals surface area contributed by atoms with Crippen molar-refractivity contribution in [2.24, 2.45) is 0 Å². The van der Waals surface area contributed by atoms with Crippen LogP contribution in [0, 0.1) is 0 Å². The van der Waals surface area contributed by atoms with Gasteiger partial charge in [-0.1, -0.05) is 30.3 Å². The Kier molecular flexibility index (Phi) is 6.75. The molecule has 126 valence electrons. The molecule has 1 rings (SSSR count). The van der Waals surface area contributed by atoms with Crippen molar-refractivity contribution in [3.05, 3.63) is 35.9 Å². The molecule has 0 aliphatic carbocycles. The number of ether oxygens (including phenoxy) is 2. The molecule has 1 aromatic carbocycles. The van der Waals surface area contributed by atoms with E-state index in [1.165, 1.54) is 7.11 Å². The van der Waals surface area contributed by atoms with E-state index in [-0.39, 0.29) is 18.6 Å². The van der Waals surface area contributed by atoms with E-state index in [4.69, 9.17) is 4.74 Å². The molecule has 23 heavy (non-hydrogen) atoms. The normalized spacial score (nSPS) is 12.2. The lowest BCUT2D eigenvalue weighted by Crippen LogP contribution is -2.45. The second kappa shape index (κ2) is 8.31. The monoisotopic (exact) mass is 321 g/mol. The van der Waals surface area contributed by atoms with Gasteiger partial charge in [0, 0.05) is 12.8 Å². The fourth-order valence-electron chi connectivity index (χ4n) is 1.91. The van der Waals surface area contributed by atoms with Gasteiger partial charge in [0.05, 0.1) is 7.11 Å². The molecular formula is C17H23NO5. The highest BCUT2D eigenvalue weighted by Gasteiger charge is 2.27. The quantitative estimate of drug-likeness (QED) is 0.813. The third kappa shape index (κ3) is 7.44. The number of ketones is 1. The number of carbonyl (C=O) groups is 3. The topological polar surface area (TPSA) is 81.7 Å². The van der Waals surface area contributed by atoms with Gasteiger partial charge in [0.2, 0.25) is 0 Å². The van der Waals surface area contributed by atoms with E-state index in [1.54, 1.807) is 20.8 Å². The predicted octanol–water partition coefficient (Wildman–Crippen LogP) is 2.25. The van der Waals surface area contributed by atoms with Crippen LogP contribution in [0.15, 0.2) is 30.3 Å². The molecule has 0 saturated heterocycles. The van der Waals surface area contributed by atoms with E-state index in [9.17, 15) is 14.4 Å². The molecule has 0 unspecified atom stereocenters. The van der Waals surface area contributed by atoms with E-state index >= 15 is 0 Å². The number of hydrogen-bond donors (Lipinski definition) is 1. The lowest BCUT2D eigenvalue weighted by Gasteiger charge is -2.22. The fourth-order valence-corrected chi connectivity index (χ4v) is 1.91. The Morgan fingerprint density at radius 2 is 1.74 bits per heavy atom. The first-order chi connectivity index (χ1) is 10.7. The van der Waals surface area contributed by atoms with Gasteiger partial charge >= 0.3 is 12.1 Å². The molecule has 0 aromatic heterocycles. The number of alkyl carbamates (subject to hydrolysis) is 1. The Morgan fingerprint density at radius 3 is 2.26 bits per heavy atom. The summed E-state index contributed by atoms with van der Waals surface area (Å²) in [5.41, 5.74) is 0.150. The molecule has 1 N–H and O–H groups in total. The van der Waals surface area contributed by atoms with Gasteiger partial charge in [-0.15, -0.1) is 0 Å². The molecule has 0 spiro atoms. The molecule has 0 aliphatic heterocycles. The smallest absolute Gasteiger partial charge is 0.408 e. The van der Waals surface area contributed by atoms with Gasteiger partial charge in [0.1, 0.15) is 17.4 Å². The van der Waals surface area contributed by atoms with Crippen molar-refractivity contribution in [2.45, 2.75) is 45.3 Å². The van der Waals surface area contributed by atoms with E-state index in [1.807, 2.05) is 30.3 Å². The van der Waals surface area contributed by atoms with Gasteiger partial charge in [-0.2, -0.15) is 0 Å². The van der Waals surface area contributed by atoms with Crippen molar-refractivity contribution in [3.8, 4) is 0 Å². The second-order valence-corrected chi connectivity index (χ2v) is 6.13. The number of nitrogens with one attached hydrogen (secondary N) is 1. The average Bonchev–Trinajstić information content (AvgIpc) is 2.44. The van der Waals surface area contributed by atoms with Crippen LogP contribution in [0.1, 0.15) is 32.8 Å². The predicted molar refractivity (Wildman–Crippen MR) is 84.9 cm³/mol. The zero-order valence-corrected chi connectivity index (χ0v) is 13.9. The third-order valence-electron chi connectivity index (χ3n) is 2.85. The number of carbonyl (C=O) groups excluding carboxylic acids is 3. The lowest BCUT2D eigenvalue weighted by atomic mass is 10.0. The Labute approximate surface area is 136 Å². The number of hydrogen-bond acceptors (Lipinski definition) is 5. The number of esters is 1. The summed E-state index contributed by atoms with van der Waals surface area (Å²) in [5, 5.41) is 2.38. The molecule has 1 amide bonds. The van der Waals surface area contributed by atoms with Crippen LogP contribution in [-0.4, -0.2) is 36.6 Å². The van der Waals surface area contributed by atoms with Crippen LogP contribution in [0.3, 0.4) is 0 Å². The van der Waals surface area contributed by atoms with Gasteiger partial charge in [-0.3, -0.25) is 4.79 Å². The maximum absolute atomic E-state index is 12.1. The minimum absolute atomic E-state index is 0.152. The molecule has 1 aromatic rings. The molecule has 6 nitrogen and oxygen atoms in total. The molecule has 0 bridgehead atoms. The first-order valence-electron chi connectivity index (χ1n) is 7.34. The van der Waals surface area contributed by atoms with Gasteiger partial charge in [-0.05, 0) is 26.3 Å². The van der Waals surface area contributed by atoms with Crippen molar-refractivity contribution < 1.29 is 23.9 Å². The minimum atomic E-state index is -1.06. The highest BCUT2D eigenvalue weighted by Crippen LogP contribution is 2.09. The summed E-state index contributed by atoms with van der Waals surface area (Å²) in [7, 11) is 1.20. The van der Waals surface area contributed by atoms with Crippen LogP contribution in [0.25, 0.3) is 0 Å². The number of benzene rings is 1. The molecule has 6 heteroatoms. The summed E-state index contributed by atoms with van der Waals surface area (Å²) in [6.07, 6.45) is -0.731. The zero-order chi connectivity index (χ0) is 17.5. The molecule has 0 radical (unpaired) electrons. The summed E-state index contributed by atoms with van der Waals surface area (Å²) in [5.74, 6) is -0.861. The highest BCUT2D eigenvalue weighted by atomic mass is 16.6. The molecule has 0 saturated carbocycles. The largest absolute Gasteiger partial charge is 0.467 e. The van der Waals surface area contributed by atoms with Crippen molar-refractivity contribution in [2.75, 3.05) is 7.11 Å². The zero-order valence-electron chi connectivity index (χ0n) is 13.9. The Morgan fingerprint density at radius 1 is 1.13 bits per heavy atom. The summed E-state index contributed by atoms with van der Waals surface area (Å²) in [6, 6.07) is 8.11. The van der Waals surface area contributed by atoms with Crippen molar-refractivity contribution in [1.29, 1.82) is 0 Å². The fraction of sp³-hybridized carbons (Fsp3) is 0.471. The summed E-state index contributed by atoms with van der Waals surface area (Å²) < 4.78 is 9.73. The number of rotatable bonds is 6. The SMILES string of the molecule is COC(=O)[C@H](CC(=O)Cc1ccccc1)NC(=O)OC(C)(C)C. The Bertz CT molecular complexity index is 548. The Hall–Kier alpha value is -2.37. The summed E-state index contributed by atoms with van der Waals surface area (Å²) in [4.78, 5) is 35.6. The molecule has 1 atom stereocenters. The van der Waals surface area contributed by atoms with Crippen molar-refractivity contribution >= 4 is 17.8 Å². The van der Waals surface area contributed by atoms with Crippen LogP contribution in [0.4, 0.5) is 4.79 Å². The first-order valence-corrected chi connectivity index (χ1v) is 7.34.